The predicted molar refractivity (Wildman–Crippen MR) is 82.4 cm³/mol. The van der Waals surface area contributed by atoms with Crippen LogP contribution in [0.2, 0.25) is 0 Å². The number of benzene rings is 2. The highest BCUT2D eigenvalue weighted by Gasteiger charge is 2.28. The summed E-state index contributed by atoms with van der Waals surface area (Å²) in [5.74, 6) is -0.560. The van der Waals surface area contributed by atoms with Crippen molar-refractivity contribution in [1.29, 1.82) is 0 Å². The van der Waals surface area contributed by atoms with Crippen molar-refractivity contribution in [2.45, 2.75) is 13.3 Å². The smallest absolute Gasteiger partial charge is 0.241 e. The number of hydrogen-bond acceptors (Lipinski definition) is 3. The summed E-state index contributed by atoms with van der Waals surface area (Å²) in [4.78, 5) is 25.8. The van der Waals surface area contributed by atoms with E-state index in [0.29, 0.717) is 22.7 Å². The number of fused-ring (bicyclic) bond motifs is 1. The Kier molecular flexibility index (Phi) is 3.10. The lowest BCUT2D eigenvalue weighted by molar-refractivity contribution is -0.124. The van der Waals surface area contributed by atoms with Crippen LogP contribution in [0.1, 0.15) is 12.0 Å². The van der Waals surface area contributed by atoms with E-state index in [1.54, 1.807) is 29.2 Å². The highest BCUT2D eigenvalue weighted by atomic mass is 16.2. The van der Waals surface area contributed by atoms with E-state index in [4.69, 9.17) is 5.73 Å². The molecule has 0 saturated carbocycles. The largest absolute Gasteiger partial charge is 0.399 e. The molecule has 0 radical (unpaired) electrons. The van der Waals surface area contributed by atoms with Gasteiger partial charge in [-0.15, -0.1) is 0 Å². The van der Waals surface area contributed by atoms with Gasteiger partial charge in [0.15, 0.2) is 0 Å². The average molecular weight is 281 g/mol. The summed E-state index contributed by atoms with van der Waals surface area (Å²) in [6, 6.07) is 12.6. The predicted octanol–water partition coefficient (Wildman–Crippen LogP) is 2.58. The van der Waals surface area contributed by atoms with E-state index in [1.165, 1.54) is 0 Å². The normalized spacial score (nSPS) is 14.4. The maximum atomic E-state index is 12.4. The first-order valence-electron chi connectivity index (χ1n) is 6.64. The van der Waals surface area contributed by atoms with Gasteiger partial charge in [-0.2, -0.15) is 0 Å². The molecule has 21 heavy (non-hydrogen) atoms. The van der Waals surface area contributed by atoms with Gasteiger partial charge in [-0.05, 0) is 42.8 Å². The summed E-state index contributed by atoms with van der Waals surface area (Å²) in [6.07, 6.45) is -0.182. The van der Waals surface area contributed by atoms with Crippen LogP contribution in [-0.4, -0.2) is 11.8 Å². The van der Waals surface area contributed by atoms with Gasteiger partial charge < -0.3 is 11.1 Å². The minimum absolute atomic E-state index is 0.182. The topological polar surface area (TPSA) is 75.4 Å². The third-order valence-corrected chi connectivity index (χ3v) is 3.47. The zero-order valence-corrected chi connectivity index (χ0v) is 11.6. The molecular weight excluding hydrogens is 266 g/mol. The van der Waals surface area contributed by atoms with Crippen LogP contribution in [0.4, 0.5) is 22.7 Å². The SMILES string of the molecule is Cc1cccc2c1NC(=O)CC(=O)N2c1ccc(N)cc1. The standard InChI is InChI=1S/C16H15N3O2/c1-10-3-2-4-13-16(10)18-14(20)9-15(21)19(13)12-7-5-11(17)6-8-12/h2-8H,9,17H2,1H3,(H,18,20). The van der Waals surface area contributed by atoms with Crippen LogP contribution in [0.3, 0.4) is 0 Å². The lowest BCUT2D eigenvalue weighted by atomic mass is 10.1. The summed E-state index contributed by atoms with van der Waals surface area (Å²) in [7, 11) is 0. The minimum Gasteiger partial charge on any atom is -0.399 e. The van der Waals surface area contributed by atoms with E-state index < -0.39 is 0 Å². The van der Waals surface area contributed by atoms with Crippen molar-refractivity contribution in [1.82, 2.24) is 0 Å². The molecule has 0 aliphatic carbocycles. The summed E-state index contributed by atoms with van der Waals surface area (Å²) < 4.78 is 0. The summed E-state index contributed by atoms with van der Waals surface area (Å²) >= 11 is 0. The number of nitrogens with two attached hydrogens (primary N) is 1. The molecule has 1 aliphatic heterocycles. The second-order valence-electron chi connectivity index (χ2n) is 5.01. The van der Waals surface area contributed by atoms with Crippen molar-refractivity contribution >= 4 is 34.6 Å². The zero-order chi connectivity index (χ0) is 15.0. The summed E-state index contributed by atoms with van der Waals surface area (Å²) in [5, 5.41) is 2.81. The first-order valence-corrected chi connectivity index (χ1v) is 6.64. The third kappa shape index (κ3) is 2.33. The summed E-state index contributed by atoms with van der Waals surface area (Å²) in [5.41, 5.74) is 9.27. The monoisotopic (exact) mass is 281 g/mol. The molecular formula is C16H15N3O2. The molecule has 2 amide bonds. The third-order valence-electron chi connectivity index (χ3n) is 3.47. The fourth-order valence-corrected chi connectivity index (χ4v) is 2.44. The van der Waals surface area contributed by atoms with Gasteiger partial charge >= 0.3 is 0 Å². The number of para-hydroxylation sites is 1. The molecule has 0 spiro atoms. The van der Waals surface area contributed by atoms with Gasteiger partial charge in [0.2, 0.25) is 11.8 Å². The molecule has 106 valence electrons. The van der Waals surface area contributed by atoms with Crippen LogP contribution in [0.25, 0.3) is 0 Å². The van der Waals surface area contributed by atoms with E-state index in [9.17, 15) is 9.59 Å². The molecule has 0 saturated heterocycles. The number of nitrogen functional groups attached to an aromatic ring is 1. The first-order chi connectivity index (χ1) is 10.1. The summed E-state index contributed by atoms with van der Waals surface area (Å²) in [6.45, 7) is 1.90. The van der Waals surface area contributed by atoms with Crippen molar-refractivity contribution in [3.05, 3.63) is 48.0 Å². The number of nitrogens with zero attached hydrogens (tertiary/aromatic N) is 1. The van der Waals surface area contributed by atoms with E-state index in [-0.39, 0.29) is 18.2 Å². The van der Waals surface area contributed by atoms with E-state index in [1.807, 2.05) is 25.1 Å². The van der Waals surface area contributed by atoms with Gasteiger partial charge in [0, 0.05) is 11.4 Å². The van der Waals surface area contributed by atoms with Gasteiger partial charge in [0.05, 0.1) is 11.4 Å². The molecule has 3 N–H and O–H groups in total. The second-order valence-corrected chi connectivity index (χ2v) is 5.01. The molecule has 0 fully saturated rings. The Morgan fingerprint density at radius 2 is 1.81 bits per heavy atom. The molecule has 0 atom stereocenters. The Hall–Kier alpha value is -2.82. The average Bonchev–Trinajstić information content (AvgIpc) is 2.56. The molecule has 2 aromatic carbocycles. The van der Waals surface area contributed by atoms with Crippen molar-refractivity contribution in [2.75, 3.05) is 16.0 Å². The highest BCUT2D eigenvalue weighted by molar-refractivity contribution is 6.17. The maximum Gasteiger partial charge on any atom is 0.241 e. The number of carbonyl (C=O) groups is 2. The Morgan fingerprint density at radius 3 is 2.52 bits per heavy atom. The highest BCUT2D eigenvalue weighted by Crippen LogP contribution is 2.37. The van der Waals surface area contributed by atoms with Crippen LogP contribution in [-0.2, 0) is 9.59 Å². The quantitative estimate of drug-likeness (QED) is 0.623. The van der Waals surface area contributed by atoms with Gasteiger partial charge in [0.1, 0.15) is 6.42 Å². The van der Waals surface area contributed by atoms with Crippen LogP contribution >= 0.6 is 0 Å². The number of anilines is 4. The minimum atomic E-state index is -0.298. The molecule has 1 heterocycles. The van der Waals surface area contributed by atoms with Gasteiger partial charge in [-0.25, -0.2) is 0 Å². The Morgan fingerprint density at radius 1 is 1.10 bits per heavy atom. The first kappa shape index (κ1) is 13.2. The van der Waals surface area contributed by atoms with Crippen LogP contribution in [0, 0.1) is 6.92 Å². The number of nitrogens with one attached hydrogen (secondary N) is 1. The van der Waals surface area contributed by atoms with Crippen molar-refractivity contribution in [2.24, 2.45) is 0 Å². The van der Waals surface area contributed by atoms with Gasteiger partial charge in [0.25, 0.3) is 0 Å². The molecule has 0 bridgehead atoms. The molecule has 5 nitrogen and oxygen atoms in total. The fourth-order valence-electron chi connectivity index (χ4n) is 2.44. The number of hydrogen-bond donors (Lipinski definition) is 2. The van der Waals surface area contributed by atoms with Crippen LogP contribution in [0.5, 0.6) is 0 Å². The van der Waals surface area contributed by atoms with Gasteiger partial charge in [-0.1, -0.05) is 12.1 Å². The fraction of sp³-hybridized carbons (Fsp3) is 0.125. The number of carbonyl (C=O) groups excluding carboxylic acids is 2. The van der Waals surface area contributed by atoms with Crippen LogP contribution in [0.15, 0.2) is 42.5 Å². The molecule has 5 heteroatoms. The van der Waals surface area contributed by atoms with Crippen molar-refractivity contribution in [3.8, 4) is 0 Å². The molecule has 0 unspecified atom stereocenters. The Bertz CT molecular complexity index is 723. The van der Waals surface area contributed by atoms with Gasteiger partial charge in [-0.3, -0.25) is 14.5 Å². The van der Waals surface area contributed by atoms with Crippen LogP contribution < -0.4 is 16.0 Å². The van der Waals surface area contributed by atoms with E-state index >= 15 is 0 Å². The molecule has 0 aromatic heterocycles. The molecule has 1 aliphatic rings. The Balaban J connectivity index is 2.19. The lowest BCUT2D eigenvalue weighted by Gasteiger charge is -2.23. The second kappa shape index (κ2) is 4.94. The maximum absolute atomic E-state index is 12.4. The number of amides is 2. The Labute approximate surface area is 122 Å². The van der Waals surface area contributed by atoms with E-state index in [0.717, 1.165) is 5.56 Å². The van der Waals surface area contributed by atoms with Crippen molar-refractivity contribution in [3.63, 3.8) is 0 Å². The number of rotatable bonds is 1. The van der Waals surface area contributed by atoms with Crippen molar-refractivity contribution < 1.29 is 9.59 Å². The number of aryl methyl sites for hydroxylation is 1. The lowest BCUT2D eigenvalue weighted by Crippen LogP contribution is -2.26. The zero-order valence-electron chi connectivity index (χ0n) is 11.6. The molecule has 2 aromatic rings. The molecule has 3 rings (SSSR count). The van der Waals surface area contributed by atoms with E-state index in [2.05, 4.69) is 5.32 Å².